The predicted molar refractivity (Wildman–Crippen MR) is 109 cm³/mol. The Bertz CT molecular complexity index is 1020. The lowest BCUT2D eigenvalue weighted by Gasteiger charge is -2.19. The van der Waals surface area contributed by atoms with Gasteiger partial charge in [0.05, 0.1) is 11.9 Å². The molecule has 0 bridgehead atoms. The van der Waals surface area contributed by atoms with Crippen molar-refractivity contribution in [2.45, 2.75) is 24.4 Å². The summed E-state index contributed by atoms with van der Waals surface area (Å²) in [5.74, 6) is 1.84. The van der Waals surface area contributed by atoms with Crippen LogP contribution in [0.4, 0.5) is 0 Å². The lowest BCUT2D eigenvalue weighted by Crippen LogP contribution is -2.15. The molecule has 0 spiro atoms. The predicted octanol–water partition coefficient (Wildman–Crippen LogP) is 3.73. The average molecular weight is 395 g/mol. The van der Waals surface area contributed by atoms with Crippen LogP contribution < -0.4 is 15.2 Å². The van der Waals surface area contributed by atoms with Gasteiger partial charge in [0.1, 0.15) is 13.2 Å². The van der Waals surface area contributed by atoms with E-state index < -0.39 is 5.91 Å². The summed E-state index contributed by atoms with van der Waals surface area (Å²) in [6, 6.07) is 13.4. The Morgan fingerprint density at radius 2 is 2.00 bits per heavy atom. The fraction of sp³-hybridized carbons (Fsp3) is 0.238. The van der Waals surface area contributed by atoms with Crippen molar-refractivity contribution in [3.8, 4) is 22.8 Å². The topological polar surface area (TPSA) is 79.4 Å². The molecule has 6 nitrogen and oxygen atoms in total. The molecule has 0 unspecified atom stereocenters. The first kappa shape index (κ1) is 18.4. The zero-order valence-corrected chi connectivity index (χ0v) is 16.4. The molecule has 0 radical (unpaired) electrons. The molecule has 0 saturated heterocycles. The highest BCUT2D eigenvalue weighted by Crippen LogP contribution is 2.36. The summed E-state index contributed by atoms with van der Waals surface area (Å²) in [5.41, 5.74) is 9.01. The summed E-state index contributed by atoms with van der Waals surface area (Å²) in [4.78, 5) is 16.0. The van der Waals surface area contributed by atoms with Crippen LogP contribution in [0.25, 0.3) is 11.3 Å². The van der Waals surface area contributed by atoms with Crippen molar-refractivity contribution >= 4 is 17.7 Å². The van der Waals surface area contributed by atoms with Gasteiger partial charge in [0, 0.05) is 23.4 Å². The quantitative estimate of drug-likeness (QED) is 0.643. The monoisotopic (exact) mass is 395 g/mol. The minimum Gasteiger partial charge on any atom is -0.486 e. The Morgan fingerprint density at radius 3 is 2.79 bits per heavy atom. The number of imidazole rings is 1. The van der Waals surface area contributed by atoms with E-state index in [2.05, 4.69) is 16.5 Å². The zero-order chi connectivity index (χ0) is 19.5. The molecule has 0 saturated carbocycles. The maximum absolute atomic E-state index is 11.4. The van der Waals surface area contributed by atoms with Crippen LogP contribution in [0.1, 0.15) is 22.8 Å². The Kier molecular flexibility index (Phi) is 5.25. The molecule has 2 N–H and O–H groups in total. The van der Waals surface area contributed by atoms with E-state index in [9.17, 15) is 4.79 Å². The fourth-order valence-electron chi connectivity index (χ4n) is 3.17. The molecule has 2 heterocycles. The van der Waals surface area contributed by atoms with Gasteiger partial charge in [-0.2, -0.15) is 0 Å². The van der Waals surface area contributed by atoms with Crippen molar-refractivity contribution < 1.29 is 14.3 Å². The number of aromatic nitrogens is 2. The first-order valence-corrected chi connectivity index (χ1v) is 10.1. The Labute approximate surface area is 167 Å². The van der Waals surface area contributed by atoms with Crippen LogP contribution in [0.2, 0.25) is 0 Å². The van der Waals surface area contributed by atoms with E-state index >= 15 is 0 Å². The number of hydrogen-bond acceptors (Lipinski definition) is 5. The van der Waals surface area contributed by atoms with Gasteiger partial charge in [0.15, 0.2) is 16.7 Å². The minimum atomic E-state index is -0.414. The van der Waals surface area contributed by atoms with Gasteiger partial charge in [-0.1, -0.05) is 23.9 Å². The maximum Gasteiger partial charge on any atom is 0.248 e. The molecule has 1 aliphatic heterocycles. The van der Waals surface area contributed by atoms with Crippen molar-refractivity contribution in [1.82, 2.24) is 9.55 Å². The van der Waals surface area contributed by atoms with E-state index in [1.165, 1.54) is 0 Å². The van der Waals surface area contributed by atoms with Crippen molar-refractivity contribution in [2.75, 3.05) is 13.2 Å². The number of carbonyl (C=O) groups is 1. The van der Waals surface area contributed by atoms with E-state index in [1.54, 1.807) is 17.8 Å². The third-order valence-electron chi connectivity index (χ3n) is 4.55. The second-order valence-corrected chi connectivity index (χ2v) is 7.32. The van der Waals surface area contributed by atoms with Gasteiger partial charge < -0.3 is 19.8 Å². The average Bonchev–Trinajstić information content (AvgIpc) is 3.15. The number of carbonyl (C=O) groups excluding carboxylic acids is 1. The highest BCUT2D eigenvalue weighted by Gasteiger charge is 2.16. The lowest BCUT2D eigenvalue weighted by molar-refractivity contribution is 0.1000. The smallest absolute Gasteiger partial charge is 0.248 e. The number of fused-ring (bicyclic) bond motifs is 1. The molecule has 0 atom stereocenters. The normalized spacial score (nSPS) is 12.8. The molecule has 0 fully saturated rings. The largest absolute Gasteiger partial charge is 0.486 e. The molecule has 1 amide bonds. The summed E-state index contributed by atoms with van der Waals surface area (Å²) in [6.07, 6.45) is 1.89. The van der Waals surface area contributed by atoms with E-state index in [1.807, 2.05) is 42.6 Å². The van der Waals surface area contributed by atoms with E-state index in [0.29, 0.717) is 24.5 Å². The minimum absolute atomic E-state index is 0.414. The number of ether oxygens (including phenoxy) is 2. The number of benzene rings is 2. The lowest BCUT2D eigenvalue weighted by atomic mass is 10.1. The summed E-state index contributed by atoms with van der Waals surface area (Å²) >= 11 is 1.63. The van der Waals surface area contributed by atoms with Gasteiger partial charge in [-0.15, -0.1) is 0 Å². The van der Waals surface area contributed by atoms with Crippen LogP contribution in [0, 0.1) is 0 Å². The maximum atomic E-state index is 11.4. The highest BCUT2D eigenvalue weighted by atomic mass is 32.2. The number of nitrogens with zero attached hydrogens (tertiary/aromatic N) is 2. The molecule has 7 heteroatoms. The third-order valence-corrected chi connectivity index (χ3v) is 5.61. The van der Waals surface area contributed by atoms with Gasteiger partial charge in [0.25, 0.3) is 0 Å². The van der Waals surface area contributed by atoms with Gasteiger partial charge in [-0.25, -0.2) is 4.98 Å². The zero-order valence-electron chi connectivity index (χ0n) is 15.6. The van der Waals surface area contributed by atoms with E-state index in [-0.39, 0.29) is 0 Å². The molecule has 2 aromatic carbocycles. The molecule has 28 heavy (non-hydrogen) atoms. The third kappa shape index (κ3) is 3.71. The van der Waals surface area contributed by atoms with Gasteiger partial charge >= 0.3 is 0 Å². The van der Waals surface area contributed by atoms with Gasteiger partial charge in [-0.05, 0) is 42.8 Å². The van der Waals surface area contributed by atoms with Crippen molar-refractivity contribution in [2.24, 2.45) is 5.73 Å². The van der Waals surface area contributed by atoms with E-state index in [4.69, 9.17) is 15.2 Å². The van der Waals surface area contributed by atoms with Crippen molar-refractivity contribution in [3.05, 3.63) is 59.8 Å². The molecule has 1 aliphatic rings. The van der Waals surface area contributed by atoms with Crippen LogP contribution in [0.3, 0.4) is 0 Å². The number of thioether (sulfide) groups is 1. The van der Waals surface area contributed by atoms with Crippen LogP contribution in [-0.2, 0) is 12.3 Å². The second-order valence-electron chi connectivity index (χ2n) is 6.38. The molecule has 3 aromatic rings. The highest BCUT2D eigenvalue weighted by molar-refractivity contribution is 7.98. The first-order valence-electron chi connectivity index (χ1n) is 9.13. The Balaban J connectivity index is 1.56. The number of hydrogen-bond donors (Lipinski definition) is 1. The molecular weight excluding hydrogens is 374 g/mol. The molecular formula is C21H21N3O3S. The molecule has 1 aromatic heterocycles. The fourth-order valence-corrected chi connectivity index (χ4v) is 4.16. The summed E-state index contributed by atoms with van der Waals surface area (Å²) in [6.45, 7) is 4.04. The Hall–Kier alpha value is -2.93. The second kappa shape index (κ2) is 7.98. The SMILES string of the molecule is CCn1c(-c2ccc3c(c2)OCCO3)cnc1SCc1cccc(C(N)=O)c1. The number of primary amides is 1. The standard InChI is InChI=1S/C21H21N3O3S/c1-2-24-17(15-6-7-18-19(11-15)27-9-8-26-18)12-23-21(24)28-13-14-4-3-5-16(10-14)20(22)25/h3-7,10-12H,2,8-9,13H2,1H3,(H2,22,25). The summed E-state index contributed by atoms with van der Waals surface area (Å²) in [5, 5.41) is 0.928. The van der Waals surface area contributed by atoms with Crippen LogP contribution in [-0.4, -0.2) is 28.7 Å². The van der Waals surface area contributed by atoms with Crippen LogP contribution in [0.5, 0.6) is 11.5 Å². The summed E-state index contributed by atoms with van der Waals surface area (Å²) < 4.78 is 13.5. The van der Waals surface area contributed by atoms with Crippen LogP contribution >= 0.6 is 11.8 Å². The van der Waals surface area contributed by atoms with Crippen LogP contribution in [0.15, 0.2) is 53.8 Å². The van der Waals surface area contributed by atoms with Crippen molar-refractivity contribution in [3.63, 3.8) is 0 Å². The molecule has 4 rings (SSSR count). The van der Waals surface area contributed by atoms with Crippen molar-refractivity contribution in [1.29, 1.82) is 0 Å². The molecule has 0 aliphatic carbocycles. The van der Waals surface area contributed by atoms with E-state index in [0.717, 1.165) is 40.0 Å². The van der Waals surface area contributed by atoms with Gasteiger partial charge in [-0.3, -0.25) is 4.79 Å². The number of nitrogens with two attached hydrogens (primary N) is 1. The van der Waals surface area contributed by atoms with Gasteiger partial charge in [0.2, 0.25) is 5.91 Å². The number of rotatable bonds is 6. The molecule has 144 valence electrons. The summed E-state index contributed by atoms with van der Waals surface area (Å²) in [7, 11) is 0. The first-order chi connectivity index (χ1) is 13.7. The number of amides is 1. The Morgan fingerprint density at radius 1 is 1.18 bits per heavy atom.